The van der Waals surface area contributed by atoms with E-state index in [1.54, 1.807) is 6.92 Å². The van der Waals surface area contributed by atoms with Crippen molar-refractivity contribution in [2.75, 3.05) is 25.5 Å². The highest BCUT2D eigenvalue weighted by Crippen LogP contribution is 2.43. The van der Waals surface area contributed by atoms with Gasteiger partial charge in [-0.05, 0) is 128 Å². The zero-order valence-corrected chi connectivity index (χ0v) is 26.1. The van der Waals surface area contributed by atoms with Crippen LogP contribution in [0.5, 0.6) is 0 Å². The fraction of sp³-hybridized carbons (Fsp3) is 0.405. The Hall–Kier alpha value is -3.86. The molecule has 42 heavy (non-hydrogen) atoms. The highest BCUT2D eigenvalue weighted by atomic mass is 16.2. The zero-order chi connectivity index (χ0) is 29.5. The molecule has 1 aromatic heterocycles. The van der Waals surface area contributed by atoms with Gasteiger partial charge in [-0.2, -0.15) is 5.10 Å². The molecule has 1 atom stereocenters. The fourth-order valence-electron chi connectivity index (χ4n) is 7.50. The molecule has 218 valence electrons. The molecule has 1 N–H and O–H groups in total. The second kappa shape index (κ2) is 11.4. The quantitative estimate of drug-likeness (QED) is 0.262. The number of piperidine rings is 1. The van der Waals surface area contributed by atoms with E-state index in [9.17, 15) is 4.79 Å². The maximum absolute atomic E-state index is 11.8. The van der Waals surface area contributed by atoms with Gasteiger partial charge >= 0.3 is 0 Å². The molecular formula is C37H44N4O. The average Bonchev–Trinajstić information content (AvgIpc) is 3.58. The minimum absolute atomic E-state index is 0.203. The Morgan fingerprint density at radius 2 is 1.74 bits per heavy atom. The number of nitrogens with one attached hydrogen (secondary N) is 1. The number of hydrogen-bond acceptors (Lipinski definition) is 3. The molecule has 2 heterocycles. The Morgan fingerprint density at radius 1 is 0.952 bits per heavy atom. The molecule has 0 spiro atoms. The van der Waals surface area contributed by atoms with Gasteiger partial charge in [0.15, 0.2) is 0 Å². The van der Waals surface area contributed by atoms with Crippen molar-refractivity contribution in [2.45, 2.75) is 78.6 Å². The van der Waals surface area contributed by atoms with Crippen molar-refractivity contribution >= 4 is 11.7 Å². The molecule has 1 fully saturated rings. The summed E-state index contributed by atoms with van der Waals surface area (Å²) in [6.45, 7) is 12.3. The first-order valence-corrected chi connectivity index (χ1v) is 15.6. The predicted octanol–water partition coefficient (Wildman–Crippen LogP) is 7.81. The van der Waals surface area contributed by atoms with Crippen LogP contribution in [-0.4, -0.2) is 40.7 Å². The lowest BCUT2D eigenvalue weighted by molar-refractivity contribution is -0.129. The van der Waals surface area contributed by atoms with E-state index < -0.39 is 0 Å². The van der Waals surface area contributed by atoms with Gasteiger partial charge in [0, 0.05) is 32.6 Å². The maximum atomic E-state index is 11.8. The number of aromatic nitrogens is 2. The largest absolute Gasteiger partial charge is 0.373 e. The van der Waals surface area contributed by atoms with Gasteiger partial charge in [0.05, 0.1) is 11.9 Å². The normalized spacial score (nSPS) is 17.0. The van der Waals surface area contributed by atoms with Crippen LogP contribution < -0.4 is 5.32 Å². The van der Waals surface area contributed by atoms with E-state index >= 15 is 0 Å². The summed E-state index contributed by atoms with van der Waals surface area (Å²) in [5.41, 5.74) is 14.9. The van der Waals surface area contributed by atoms with E-state index in [2.05, 4.69) is 81.5 Å². The zero-order valence-electron chi connectivity index (χ0n) is 26.1. The Balaban J connectivity index is 1.30. The van der Waals surface area contributed by atoms with Crippen LogP contribution in [0.1, 0.15) is 82.5 Å². The summed E-state index contributed by atoms with van der Waals surface area (Å²) in [6.07, 6.45) is 7.45. The molecule has 3 aromatic carbocycles. The smallest absolute Gasteiger partial charge is 0.219 e. The monoisotopic (exact) mass is 560 g/mol. The van der Waals surface area contributed by atoms with Crippen LogP contribution in [0.4, 0.5) is 5.82 Å². The molecular weight excluding hydrogens is 516 g/mol. The number of benzene rings is 3. The van der Waals surface area contributed by atoms with Crippen LogP contribution in [0.2, 0.25) is 0 Å². The number of carbonyl (C=O) groups excluding carboxylic acids is 1. The Bertz CT molecular complexity index is 1640. The van der Waals surface area contributed by atoms with Gasteiger partial charge in [-0.3, -0.25) is 4.79 Å². The maximum Gasteiger partial charge on any atom is 0.219 e. The molecule has 5 heteroatoms. The highest BCUT2D eigenvalue weighted by molar-refractivity contribution is 5.74. The van der Waals surface area contributed by atoms with E-state index in [1.807, 2.05) is 22.8 Å². The number of likely N-dealkylation sites (tertiary alicyclic amines) is 1. The van der Waals surface area contributed by atoms with Crippen LogP contribution in [-0.2, 0) is 17.6 Å². The van der Waals surface area contributed by atoms with Gasteiger partial charge in [0.1, 0.15) is 5.82 Å². The Kier molecular flexibility index (Phi) is 7.69. The Morgan fingerprint density at radius 3 is 2.48 bits per heavy atom. The minimum Gasteiger partial charge on any atom is -0.373 e. The van der Waals surface area contributed by atoms with Gasteiger partial charge in [0.25, 0.3) is 0 Å². The first-order valence-electron chi connectivity index (χ1n) is 15.6. The van der Waals surface area contributed by atoms with E-state index in [4.69, 9.17) is 5.10 Å². The topological polar surface area (TPSA) is 50.2 Å². The molecule has 4 aromatic rings. The molecule has 1 aliphatic carbocycles. The molecule has 5 nitrogen and oxygen atoms in total. The number of fused-ring (bicyclic) bond motifs is 1. The highest BCUT2D eigenvalue weighted by Gasteiger charge is 2.28. The molecule has 2 aliphatic rings. The summed E-state index contributed by atoms with van der Waals surface area (Å²) in [6, 6.07) is 18.5. The minimum atomic E-state index is 0.203. The van der Waals surface area contributed by atoms with Crippen LogP contribution in [0, 0.1) is 27.7 Å². The third-order valence-electron chi connectivity index (χ3n) is 10.1. The van der Waals surface area contributed by atoms with E-state index in [-0.39, 0.29) is 5.91 Å². The summed E-state index contributed by atoms with van der Waals surface area (Å²) in [5, 5.41) is 8.03. The summed E-state index contributed by atoms with van der Waals surface area (Å²) in [5.74, 6) is 2.28. The lowest BCUT2D eigenvalue weighted by Crippen LogP contribution is -2.36. The first-order chi connectivity index (χ1) is 20.3. The molecule has 0 radical (unpaired) electrons. The van der Waals surface area contributed by atoms with E-state index in [1.165, 1.54) is 56.5 Å². The molecule has 1 unspecified atom stereocenters. The number of hydrogen-bond donors (Lipinski definition) is 1. The SMILES string of the molecule is CNc1c(C)cnn1-c1cc(-c2cccc3c2C(Cc2ccc(C4CCN(C(C)=O)CC4)c(C)c2C)CC3)ccc1C. The third-order valence-corrected chi connectivity index (χ3v) is 10.1. The van der Waals surface area contributed by atoms with Crippen LogP contribution in [0.3, 0.4) is 0 Å². The van der Waals surface area contributed by atoms with Crippen molar-refractivity contribution in [3.05, 3.63) is 99.2 Å². The standard InChI is InChI=1S/C37H44N4O/c1-23-10-11-31(21-35(23)41-37(38-6)24(2)22-39-41)34-9-7-8-29-12-13-32(36(29)34)20-30-14-15-33(26(4)25(30)3)28-16-18-40(19-17-28)27(5)42/h7-11,14-15,21-22,28,32,38H,12-13,16-20H2,1-6H3. The number of rotatable bonds is 6. The predicted molar refractivity (Wildman–Crippen MR) is 173 cm³/mol. The average molecular weight is 561 g/mol. The van der Waals surface area contributed by atoms with Crippen molar-refractivity contribution < 1.29 is 4.79 Å². The van der Waals surface area contributed by atoms with Gasteiger partial charge in [0.2, 0.25) is 5.91 Å². The van der Waals surface area contributed by atoms with Crippen LogP contribution in [0.15, 0.2) is 54.7 Å². The molecule has 0 bridgehead atoms. The molecule has 0 saturated carbocycles. The summed E-state index contributed by atoms with van der Waals surface area (Å²) in [4.78, 5) is 13.8. The summed E-state index contributed by atoms with van der Waals surface area (Å²) in [7, 11) is 1.96. The van der Waals surface area contributed by atoms with Crippen LogP contribution >= 0.6 is 0 Å². The molecule has 6 rings (SSSR count). The van der Waals surface area contributed by atoms with E-state index in [0.717, 1.165) is 55.8 Å². The second-order valence-corrected chi connectivity index (χ2v) is 12.5. The lowest BCUT2D eigenvalue weighted by atomic mass is 9.81. The lowest BCUT2D eigenvalue weighted by Gasteiger charge is -2.32. The fourth-order valence-corrected chi connectivity index (χ4v) is 7.50. The summed E-state index contributed by atoms with van der Waals surface area (Å²) < 4.78 is 2.03. The van der Waals surface area contributed by atoms with Crippen molar-refractivity contribution in [1.29, 1.82) is 0 Å². The van der Waals surface area contributed by atoms with Crippen molar-refractivity contribution in [3.63, 3.8) is 0 Å². The number of anilines is 1. The molecule has 1 saturated heterocycles. The van der Waals surface area contributed by atoms with Crippen molar-refractivity contribution in [2.24, 2.45) is 0 Å². The number of aryl methyl sites for hydroxylation is 3. The van der Waals surface area contributed by atoms with Gasteiger partial charge in [-0.1, -0.05) is 42.5 Å². The van der Waals surface area contributed by atoms with E-state index in [0.29, 0.717) is 11.8 Å². The third kappa shape index (κ3) is 5.04. The van der Waals surface area contributed by atoms with Gasteiger partial charge in [-0.15, -0.1) is 0 Å². The van der Waals surface area contributed by atoms with Crippen LogP contribution in [0.25, 0.3) is 16.8 Å². The molecule has 1 amide bonds. The number of nitrogens with zero attached hydrogens (tertiary/aromatic N) is 3. The number of amides is 1. The first kappa shape index (κ1) is 28.3. The van der Waals surface area contributed by atoms with Crippen molar-refractivity contribution in [1.82, 2.24) is 14.7 Å². The number of carbonyl (C=O) groups is 1. The Labute approximate surface area is 251 Å². The van der Waals surface area contributed by atoms with Crippen molar-refractivity contribution in [3.8, 4) is 16.8 Å². The van der Waals surface area contributed by atoms with Gasteiger partial charge < -0.3 is 10.2 Å². The van der Waals surface area contributed by atoms with Gasteiger partial charge in [-0.25, -0.2) is 4.68 Å². The molecule has 1 aliphatic heterocycles. The second-order valence-electron chi connectivity index (χ2n) is 12.5. The summed E-state index contributed by atoms with van der Waals surface area (Å²) >= 11 is 0.